The second kappa shape index (κ2) is 25.3. The van der Waals surface area contributed by atoms with Gasteiger partial charge in [0.1, 0.15) is 0 Å². The minimum absolute atomic E-state index is 0. The van der Waals surface area contributed by atoms with Gasteiger partial charge in [0, 0.05) is 25.9 Å². The number of rotatable bonds is 17. The summed E-state index contributed by atoms with van der Waals surface area (Å²) in [5, 5.41) is 16.9. The molecule has 0 bridgehead atoms. The molecule has 142 valence electrons. The van der Waals surface area contributed by atoms with Crippen molar-refractivity contribution >= 4 is 51.0 Å². The maximum atomic E-state index is 11.0. The molecule has 0 rings (SSSR count). The standard InChI is InChI=1S/C18H37BO4.Ca.Zn.2H/c1-2-3-4-5-6-7-8-9-10-11-12-13-14-15-16-17-18(20)23-19(21)22;;;;/h21-22H,2-17H2,1H3;;;;/q;+2;;2*-1. The van der Waals surface area contributed by atoms with Gasteiger partial charge in [0.25, 0.3) is 5.97 Å². The first kappa shape index (κ1) is 31.0. The molecule has 0 aliphatic heterocycles. The summed E-state index contributed by atoms with van der Waals surface area (Å²) in [5.74, 6) is -0.533. The molecule has 4 nitrogen and oxygen atoms in total. The maximum Gasteiger partial charge on any atom is 2.00 e. The molecule has 2 N–H and O–H groups in total. The van der Waals surface area contributed by atoms with E-state index in [1.165, 1.54) is 77.0 Å². The molecule has 0 amide bonds. The van der Waals surface area contributed by atoms with Crippen molar-refractivity contribution in [1.82, 2.24) is 0 Å². The summed E-state index contributed by atoms with van der Waals surface area (Å²) in [6, 6.07) is 0. The Kier molecular flexibility index (Phi) is 31.5. The fourth-order valence-corrected chi connectivity index (χ4v) is 2.82. The van der Waals surface area contributed by atoms with Gasteiger partial charge in [-0.3, -0.25) is 4.79 Å². The van der Waals surface area contributed by atoms with E-state index >= 15 is 0 Å². The van der Waals surface area contributed by atoms with Gasteiger partial charge in [-0.2, -0.15) is 0 Å². The van der Waals surface area contributed by atoms with Gasteiger partial charge in [-0.1, -0.05) is 96.8 Å². The van der Waals surface area contributed by atoms with Crippen LogP contribution in [0.1, 0.15) is 113 Å². The van der Waals surface area contributed by atoms with E-state index in [-0.39, 0.29) is 66.5 Å². The Bertz CT molecular complexity index is 282. The fourth-order valence-electron chi connectivity index (χ4n) is 2.82. The van der Waals surface area contributed by atoms with Crippen LogP contribution in [0.3, 0.4) is 0 Å². The van der Waals surface area contributed by atoms with Gasteiger partial charge in [0.05, 0.1) is 0 Å². The molecule has 0 aromatic heterocycles. The largest absolute Gasteiger partial charge is 2.00 e. The predicted molar refractivity (Wildman–Crippen MR) is 104 cm³/mol. The van der Waals surface area contributed by atoms with Crippen LogP contribution in [0.2, 0.25) is 0 Å². The van der Waals surface area contributed by atoms with Crippen LogP contribution in [0.25, 0.3) is 0 Å². The van der Waals surface area contributed by atoms with Crippen LogP contribution in [0.15, 0.2) is 0 Å². The molecule has 0 saturated carbocycles. The van der Waals surface area contributed by atoms with Crippen molar-refractivity contribution in [3.05, 3.63) is 0 Å². The molecule has 0 spiro atoms. The van der Waals surface area contributed by atoms with Crippen LogP contribution in [-0.4, -0.2) is 61.1 Å². The average Bonchev–Trinajstić information content (AvgIpc) is 2.50. The average molecular weight is 436 g/mol. The van der Waals surface area contributed by atoms with Crippen LogP contribution >= 0.6 is 0 Å². The van der Waals surface area contributed by atoms with E-state index < -0.39 is 13.3 Å². The second-order valence-corrected chi connectivity index (χ2v) is 6.52. The zero-order chi connectivity index (χ0) is 17.2. The Hall–Kier alpha value is 1.34. The molecule has 0 aliphatic rings. The third-order valence-electron chi connectivity index (χ3n) is 4.22. The Labute approximate surface area is 201 Å². The summed E-state index contributed by atoms with van der Waals surface area (Å²) < 4.78 is 4.24. The maximum absolute atomic E-state index is 11.0. The Morgan fingerprint density at radius 1 is 0.760 bits per heavy atom. The number of hydrogen-bond acceptors (Lipinski definition) is 4. The van der Waals surface area contributed by atoms with Crippen molar-refractivity contribution in [1.29, 1.82) is 0 Å². The molecule has 0 aliphatic carbocycles. The first-order valence-electron chi connectivity index (χ1n) is 9.72. The SMILES string of the molecule is CCCCCCCCCCCCCCCCCC(=O)OB(O)O.[Ca+2].[H-].[H-].[Zn]. The zero-order valence-electron chi connectivity index (χ0n) is 18.5. The Morgan fingerprint density at radius 3 is 1.40 bits per heavy atom. The summed E-state index contributed by atoms with van der Waals surface area (Å²) in [6.07, 6.45) is 19.5. The van der Waals surface area contributed by atoms with E-state index in [1.807, 2.05) is 0 Å². The Morgan fingerprint density at radius 2 is 1.08 bits per heavy atom. The minimum atomic E-state index is -1.97. The molecule has 0 saturated heterocycles. The molecule has 0 unspecified atom stereocenters. The fraction of sp³-hybridized carbons (Fsp3) is 0.944. The van der Waals surface area contributed by atoms with E-state index in [0.29, 0.717) is 0 Å². The third-order valence-corrected chi connectivity index (χ3v) is 4.22. The number of unbranched alkanes of at least 4 members (excludes halogenated alkanes) is 14. The first-order chi connectivity index (χ1) is 11.2. The second-order valence-electron chi connectivity index (χ2n) is 6.52. The number of hydrogen-bond donors (Lipinski definition) is 2. The molecule has 0 fully saturated rings. The summed E-state index contributed by atoms with van der Waals surface area (Å²) in [5.41, 5.74) is 0. The van der Waals surface area contributed by atoms with E-state index in [4.69, 9.17) is 10.0 Å². The van der Waals surface area contributed by atoms with E-state index in [2.05, 4.69) is 11.6 Å². The topological polar surface area (TPSA) is 66.8 Å². The summed E-state index contributed by atoms with van der Waals surface area (Å²) >= 11 is 0. The van der Waals surface area contributed by atoms with Crippen molar-refractivity contribution in [3.63, 3.8) is 0 Å². The van der Waals surface area contributed by atoms with Crippen molar-refractivity contribution in [2.75, 3.05) is 0 Å². The molecular formula is C18H39BCaO4Zn. The Balaban J connectivity index is -0.000000403. The van der Waals surface area contributed by atoms with Gasteiger partial charge in [-0.05, 0) is 6.42 Å². The molecule has 25 heavy (non-hydrogen) atoms. The van der Waals surface area contributed by atoms with Crippen molar-refractivity contribution < 1.29 is 41.8 Å². The zero-order valence-corrected chi connectivity index (χ0v) is 21.7. The summed E-state index contributed by atoms with van der Waals surface area (Å²) in [7, 11) is -1.97. The predicted octanol–water partition coefficient (Wildman–Crippen LogP) is 4.60. The van der Waals surface area contributed by atoms with Crippen LogP contribution < -0.4 is 0 Å². The van der Waals surface area contributed by atoms with E-state index in [0.717, 1.165) is 19.3 Å². The summed E-state index contributed by atoms with van der Waals surface area (Å²) in [4.78, 5) is 11.0. The van der Waals surface area contributed by atoms with Crippen LogP contribution in [0.4, 0.5) is 0 Å². The molecule has 0 aromatic rings. The van der Waals surface area contributed by atoms with Crippen LogP contribution in [0, 0.1) is 0 Å². The number of carbonyl (C=O) groups is 1. The smallest absolute Gasteiger partial charge is 1.00 e. The van der Waals surface area contributed by atoms with Gasteiger partial charge in [0.2, 0.25) is 0 Å². The third kappa shape index (κ3) is 27.7. The van der Waals surface area contributed by atoms with Crippen molar-refractivity contribution in [2.24, 2.45) is 0 Å². The first-order valence-corrected chi connectivity index (χ1v) is 9.72. The van der Waals surface area contributed by atoms with E-state index in [9.17, 15) is 4.79 Å². The van der Waals surface area contributed by atoms with Crippen molar-refractivity contribution in [2.45, 2.75) is 110 Å². The van der Waals surface area contributed by atoms with Gasteiger partial charge >= 0.3 is 45.1 Å². The molecule has 0 atom stereocenters. The van der Waals surface area contributed by atoms with Crippen LogP contribution in [0.5, 0.6) is 0 Å². The number of carbonyl (C=O) groups excluding carboxylic acids is 1. The van der Waals surface area contributed by atoms with Gasteiger partial charge in [0.15, 0.2) is 0 Å². The normalized spacial score (nSPS) is 9.88. The van der Waals surface area contributed by atoms with Gasteiger partial charge < -0.3 is 17.6 Å². The molecule has 7 heteroatoms. The quantitative estimate of drug-likeness (QED) is 0.259. The molecular weight excluding hydrogens is 396 g/mol. The minimum Gasteiger partial charge on any atom is -1.00 e. The van der Waals surface area contributed by atoms with Gasteiger partial charge in [-0.15, -0.1) is 0 Å². The van der Waals surface area contributed by atoms with Crippen LogP contribution in [-0.2, 0) is 28.9 Å². The van der Waals surface area contributed by atoms with E-state index in [1.54, 1.807) is 0 Å². The molecule has 0 aromatic carbocycles. The molecule has 0 radical (unpaired) electrons. The van der Waals surface area contributed by atoms with Crippen molar-refractivity contribution in [3.8, 4) is 0 Å². The van der Waals surface area contributed by atoms with Gasteiger partial charge in [-0.25, -0.2) is 0 Å². The monoisotopic (exact) mass is 434 g/mol. The summed E-state index contributed by atoms with van der Waals surface area (Å²) in [6.45, 7) is 2.26. The molecule has 0 heterocycles.